The van der Waals surface area contributed by atoms with E-state index in [4.69, 9.17) is 4.74 Å². The fourth-order valence-electron chi connectivity index (χ4n) is 1.21. The molecule has 0 aromatic rings. The molecule has 0 amide bonds. The molecule has 2 atom stereocenters. The molecule has 1 radical (unpaired) electrons. The highest BCUT2D eigenvalue weighted by Crippen LogP contribution is 2.18. The zero-order chi connectivity index (χ0) is 6.69. The first-order chi connectivity index (χ1) is 4.30. The van der Waals surface area contributed by atoms with E-state index >= 15 is 0 Å². The molecule has 1 heterocycles. The first-order valence-corrected chi connectivity index (χ1v) is 3.75. The molecule has 1 aliphatic rings. The lowest BCUT2D eigenvalue weighted by Crippen LogP contribution is -2.24. The van der Waals surface area contributed by atoms with Crippen LogP contribution in [0.15, 0.2) is 0 Å². The van der Waals surface area contributed by atoms with Crippen LogP contribution in [0.4, 0.5) is 0 Å². The van der Waals surface area contributed by atoms with Crippen LogP contribution < -0.4 is 0 Å². The van der Waals surface area contributed by atoms with Gasteiger partial charge in [0.15, 0.2) is 17.4 Å². The van der Waals surface area contributed by atoms with Crippen molar-refractivity contribution in [3.8, 4) is 0 Å². The van der Waals surface area contributed by atoms with Gasteiger partial charge in [0.2, 0.25) is 0 Å². The lowest BCUT2D eigenvalue weighted by molar-refractivity contribution is -0.00546. The molecule has 59 valence electrons. The topological polar surface area (TPSA) is 9.23 Å². The van der Waals surface area contributed by atoms with Crippen LogP contribution in [0.3, 0.4) is 0 Å². The molecule has 0 aromatic carbocycles. The van der Waals surface area contributed by atoms with Crippen molar-refractivity contribution >= 4 is 17.4 Å². The van der Waals surface area contributed by atoms with E-state index in [1.807, 2.05) is 0 Å². The molecule has 1 aliphatic heterocycles. The number of hydrogen-bond donors (Lipinski definition) is 0. The van der Waals surface area contributed by atoms with E-state index in [2.05, 4.69) is 13.8 Å². The Labute approximate surface area is 74.3 Å². The minimum atomic E-state index is 0. The smallest absolute Gasteiger partial charge is 0.187 e. The summed E-state index contributed by atoms with van der Waals surface area (Å²) in [7, 11) is 0. The first kappa shape index (κ1) is 10.5. The molecule has 2 unspecified atom stereocenters. The maximum absolute atomic E-state index is 5.48. The predicted octanol–water partition coefficient (Wildman–Crippen LogP) is 0.842. The van der Waals surface area contributed by atoms with Crippen LogP contribution in [0.2, 0.25) is 0 Å². The Hall–Kier alpha value is 0.492. The Morgan fingerprint density at radius 2 is 2.20 bits per heavy atom. The molecule has 1 nitrogen and oxygen atoms in total. The van der Waals surface area contributed by atoms with Crippen molar-refractivity contribution in [2.45, 2.75) is 32.3 Å². The summed E-state index contributed by atoms with van der Waals surface area (Å²) < 4.78 is 5.48. The number of ether oxygens (including phenoxy) is 1. The molecule has 0 spiro atoms. The Kier molecular flexibility index (Phi) is 5.44. The van der Waals surface area contributed by atoms with Gasteiger partial charge in [-0.1, -0.05) is 6.92 Å². The summed E-state index contributed by atoms with van der Waals surface area (Å²) in [5.74, 6) is 0.463. The Morgan fingerprint density at radius 3 is 2.50 bits per heavy atom. The van der Waals surface area contributed by atoms with Crippen LogP contribution in [-0.4, -0.2) is 30.1 Å². The van der Waals surface area contributed by atoms with E-state index in [0.29, 0.717) is 12.0 Å². The van der Waals surface area contributed by atoms with Gasteiger partial charge in [-0.15, -0.1) is 0 Å². The van der Waals surface area contributed by atoms with Crippen molar-refractivity contribution in [2.24, 2.45) is 5.92 Å². The molecule has 0 N–H and O–H groups in total. The van der Waals surface area contributed by atoms with E-state index in [-0.39, 0.29) is 17.4 Å². The Balaban J connectivity index is 0.000000810. The van der Waals surface area contributed by atoms with Gasteiger partial charge in [-0.05, 0) is 32.1 Å². The average molecular weight is 157 g/mol. The monoisotopic (exact) mass is 157 g/mol. The van der Waals surface area contributed by atoms with Gasteiger partial charge in [-0.25, -0.2) is 0 Å². The third-order valence-corrected chi connectivity index (χ3v) is 1.85. The molecular formula is C8H18AlO. The molecule has 1 rings (SSSR count). The highest BCUT2D eigenvalue weighted by Gasteiger charge is 2.16. The van der Waals surface area contributed by atoms with Crippen LogP contribution in [0.5, 0.6) is 0 Å². The molecule has 1 saturated heterocycles. The molecule has 0 bridgehead atoms. The van der Waals surface area contributed by atoms with Crippen LogP contribution in [0.1, 0.15) is 26.2 Å². The predicted molar refractivity (Wildman–Crippen MR) is 48.1 cm³/mol. The largest absolute Gasteiger partial charge is 0.378 e. The quantitative estimate of drug-likeness (QED) is 0.512. The second kappa shape index (κ2) is 5.18. The summed E-state index contributed by atoms with van der Waals surface area (Å²) >= 11 is 0. The van der Waals surface area contributed by atoms with Crippen LogP contribution in [-0.2, 0) is 4.74 Å². The van der Waals surface area contributed by atoms with E-state index in [1.54, 1.807) is 0 Å². The van der Waals surface area contributed by atoms with Crippen molar-refractivity contribution in [2.75, 3.05) is 6.61 Å². The van der Waals surface area contributed by atoms with E-state index in [0.717, 1.165) is 6.61 Å². The van der Waals surface area contributed by atoms with Gasteiger partial charge in [-0.3, -0.25) is 0 Å². The molecular weight excluding hydrogens is 139 g/mol. The van der Waals surface area contributed by atoms with Gasteiger partial charge in [0.05, 0.1) is 6.10 Å². The van der Waals surface area contributed by atoms with E-state index < -0.39 is 0 Å². The average Bonchev–Trinajstić information content (AvgIpc) is 1.90. The summed E-state index contributed by atoms with van der Waals surface area (Å²) in [5.41, 5.74) is 0. The van der Waals surface area contributed by atoms with Crippen LogP contribution in [0.25, 0.3) is 0 Å². The summed E-state index contributed by atoms with van der Waals surface area (Å²) in [6.45, 7) is 7.01. The molecule has 1 fully saturated rings. The van der Waals surface area contributed by atoms with Crippen molar-refractivity contribution in [3.63, 3.8) is 0 Å². The van der Waals surface area contributed by atoms with E-state index in [9.17, 15) is 0 Å². The maximum Gasteiger partial charge on any atom is 0.187 e. The van der Waals surface area contributed by atoms with Crippen molar-refractivity contribution in [3.05, 3.63) is 6.92 Å². The molecule has 0 aliphatic carbocycles. The van der Waals surface area contributed by atoms with Gasteiger partial charge < -0.3 is 4.74 Å². The van der Waals surface area contributed by atoms with Crippen molar-refractivity contribution < 1.29 is 4.74 Å². The summed E-state index contributed by atoms with van der Waals surface area (Å²) in [4.78, 5) is 0. The second-order valence-corrected chi connectivity index (χ2v) is 2.88. The highest BCUT2D eigenvalue weighted by atomic mass is 27.0. The lowest BCUT2D eigenvalue weighted by atomic mass is 9.99. The fourth-order valence-corrected chi connectivity index (χ4v) is 1.21. The molecule has 0 aromatic heterocycles. The summed E-state index contributed by atoms with van der Waals surface area (Å²) in [6, 6.07) is 0. The molecule has 2 heteroatoms. The normalized spacial score (nSPS) is 26.1. The van der Waals surface area contributed by atoms with Crippen molar-refractivity contribution in [1.29, 1.82) is 0 Å². The van der Waals surface area contributed by atoms with Crippen molar-refractivity contribution in [1.82, 2.24) is 0 Å². The standard InChI is InChI=1S/C8H15O.Al.3H/c1-7(2)8-5-3-4-6-9-8;;;;/h7-8H,1,3-6H2,2H3;;;;. The van der Waals surface area contributed by atoms with Gasteiger partial charge in [0.25, 0.3) is 0 Å². The number of rotatable bonds is 1. The second-order valence-electron chi connectivity index (χ2n) is 2.88. The number of hydrogen-bond acceptors (Lipinski definition) is 1. The van der Waals surface area contributed by atoms with E-state index in [1.165, 1.54) is 19.3 Å². The molecule has 10 heavy (non-hydrogen) atoms. The minimum Gasteiger partial charge on any atom is -0.378 e. The SMILES string of the molecule is [AlH3].[CH2]C(C)C1CCCCO1. The Bertz CT molecular complexity index is 77.3. The third kappa shape index (κ3) is 3.05. The summed E-state index contributed by atoms with van der Waals surface area (Å²) in [6.07, 6.45) is 4.22. The van der Waals surface area contributed by atoms with Crippen LogP contribution in [0, 0.1) is 12.8 Å². The maximum atomic E-state index is 5.48. The van der Waals surface area contributed by atoms with Crippen LogP contribution >= 0.6 is 0 Å². The third-order valence-electron chi connectivity index (χ3n) is 1.85. The lowest BCUT2D eigenvalue weighted by Gasteiger charge is -2.25. The van der Waals surface area contributed by atoms with Gasteiger partial charge in [0, 0.05) is 6.61 Å². The summed E-state index contributed by atoms with van der Waals surface area (Å²) in [5, 5.41) is 0. The zero-order valence-electron chi connectivity index (χ0n) is 6.10. The zero-order valence-corrected chi connectivity index (χ0v) is 6.10. The molecule has 0 saturated carbocycles. The van der Waals surface area contributed by atoms with Gasteiger partial charge >= 0.3 is 0 Å². The Morgan fingerprint density at radius 1 is 1.50 bits per heavy atom. The van der Waals surface area contributed by atoms with Gasteiger partial charge in [-0.2, -0.15) is 0 Å². The van der Waals surface area contributed by atoms with Gasteiger partial charge in [0.1, 0.15) is 0 Å². The minimum absolute atomic E-state index is 0. The first-order valence-electron chi connectivity index (χ1n) is 3.75. The fraction of sp³-hybridized carbons (Fsp3) is 0.875. The highest BCUT2D eigenvalue weighted by molar-refractivity contribution is 5.75.